The molecule has 0 bridgehead atoms. The molecular formula is C27H54O4. The van der Waals surface area contributed by atoms with Crippen LogP contribution < -0.4 is 0 Å². The van der Waals surface area contributed by atoms with E-state index in [0.29, 0.717) is 6.42 Å². The lowest BCUT2D eigenvalue weighted by Crippen LogP contribution is -2.13. The minimum Gasteiger partial charge on any atom is -0.481 e. The number of rotatable bonds is 19. The molecule has 0 fully saturated rings. The molecule has 0 aromatic carbocycles. The van der Waals surface area contributed by atoms with E-state index < -0.39 is 11.9 Å². The first kappa shape index (κ1) is 32.1. The molecule has 0 radical (unpaired) electrons. The fourth-order valence-corrected chi connectivity index (χ4v) is 3.64. The van der Waals surface area contributed by atoms with Gasteiger partial charge < -0.3 is 10.2 Å². The van der Waals surface area contributed by atoms with E-state index in [1.807, 2.05) is 0 Å². The molecule has 0 aliphatic heterocycles. The topological polar surface area (TPSA) is 74.6 Å². The number of carbonyl (C=O) groups is 2. The first-order chi connectivity index (χ1) is 14.6. The number of aliphatic carboxylic acids is 2. The number of carboxylic acid groups (broad SMARTS) is 2. The second-order valence-corrected chi connectivity index (χ2v) is 10.5. The highest BCUT2D eigenvalue weighted by atomic mass is 16.4. The number of unbranched alkanes of at least 4 members (excludes halogenated alkanes) is 6. The van der Waals surface area contributed by atoms with E-state index in [1.54, 1.807) is 0 Å². The largest absolute Gasteiger partial charge is 0.481 e. The highest BCUT2D eigenvalue weighted by molar-refractivity contribution is 5.69. The average Bonchev–Trinajstić information content (AvgIpc) is 2.65. The van der Waals surface area contributed by atoms with Crippen molar-refractivity contribution in [2.75, 3.05) is 0 Å². The van der Waals surface area contributed by atoms with Gasteiger partial charge in [-0.3, -0.25) is 9.59 Å². The molecule has 2 N–H and O–H groups in total. The van der Waals surface area contributed by atoms with Gasteiger partial charge in [-0.05, 0) is 37.0 Å². The van der Waals surface area contributed by atoms with Gasteiger partial charge in [-0.25, -0.2) is 0 Å². The van der Waals surface area contributed by atoms with Gasteiger partial charge in [0.05, 0.1) is 5.92 Å². The molecule has 0 heterocycles. The first-order valence-electron chi connectivity index (χ1n) is 13.0. The zero-order valence-corrected chi connectivity index (χ0v) is 21.6. The quantitative estimate of drug-likeness (QED) is 0.196. The van der Waals surface area contributed by atoms with E-state index in [4.69, 9.17) is 5.11 Å². The summed E-state index contributed by atoms with van der Waals surface area (Å²) in [5.74, 6) is 0.917. The van der Waals surface area contributed by atoms with E-state index in [-0.39, 0.29) is 5.92 Å². The summed E-state index contributed by atoms with van der Waals surface area (Å²) in [6.45, 7) is 13.4. The van der Waals surface area contributed by atoms with Crippen LogP contribution >= 0.6 is 0 Å². The van der Waals surface area contributed by atoms with Gasteiger partial charge in [0.2, 0.25) is 0 Å². The van der Waals surface area contributed by atoms with E-state index in [2.05, 4.69) is 41.5 Å². The zero-order valence-electron chi connectivity index (χ0n) is 21.6. The van der Waals surface area contributed by atoms with E-state index in [0.717, 1.165) is 56.3 Å². The van der Waals surface area contributed by atoms with Crippen LogP contribution in [0.4, 0.5) is 0 Å². The Balaban J connectivity index is 0. The van der Waals surface area contributed by atoms with Gasteiger partial charge in [-0.2, -0.15) is 0 Å². The van der Waals surface area contributed by atoms with Crippen molar-refractivity contribution in [2.45, 2.75) is 138 Å². The molecule has 0 rings (SSSR count). The minimum absolute atomic E-state index is 0.104. The monoisotopic (exact) mass is 442 g/mol. The van der Waals surface area contributed by atoms with Gasteiger partial charge in [0.25, 0.3) is 0 Å². The van der Waals surface area contributed by atoms with Crippen molar-refractivity contribution in [3.63, 3.8) is 0 Å². The van der Waals surface area contributed by atoms with E-state index in [9.17, 15) is 14.7 Å². The Hall–Kier alpha value is -1.06. The fourth-order valence-electron chi connectivity index (χ4n) is 3.64. The van der Waals surface area contributed by atoms with Crippen LogP contribution in [0.3, 0.4) is 0 Å². The molecule has 0 saturated heterocycles. The Morgan fingerprint density at radius 2 is 0.839 bits per heavy atom. The second-order valence-electron chi connectivity index (χ2n) is 10.5. The summed E-state index contributed by atoms with van der Waals surface area (Å²) in [6.07, 6.45) is 16.0. The summed E-state index contributed by atoms with van der Waals surface area (Å²) < 4.78 is 0. The van der Waals surface area contributed by atoms with Crippen LogP contribution in [0, 0.1) is 23.7 Å². The van der Waals surface area contributed by atoms with Gasteiger partial charge in [0.1, 0.15) is 0 Å². The van der Waals surface area contributed by atoms with Crippen LogP contribution in [0.5, 0.6) is 0 Å². The normalized spacial score (nSPS) is 12.2. The standard InChI is InChI=1S/C18H36O2.C9H18O2/c1-15(2)11-7-5-6-8-13-17(18(19)20)14-10-9-12-16(3)4;1-8(2)6-4-3-5-7-9(10)11/h15-17H,5-14H2,1-4H3,(H,19,20);8H,3-7H2,1-2H3,(H,10,11). The van der Waals surface area contributed by atoms with E-state index in [1.165, 1.54) is 51.4 Å². The average molecular weight is 443 g/mol. The SMILES string of the molecule is CC(C)CCCCCC(=O)O.CC(C)CCCCCCC(CCCCC(C)C)C(=O)O. The van der Waals surface area contributed by atoms with Crippen LogP contribution in [0.15, 0.2) is 0 Å². The molecule has 0 aromatic rings. The van der Waals surface area contributed by atoms with Crippen molar-refractivity contribution in [3.8, 4) is 0 Å². The summed E-state index contributed by atoms with van der Waals surface area (Å²) in [5, 5.41) is 17.6. The van der Waals surface area contributed by atoms with Crippen molar-refractivity contribution in [1.82, 2.24) is 0 Å². The zero-order chi connectivity index (χ0) is 24.1. The lowest BCUT2D eigenvalue weighted by atomic mass is 9.93. The Labute approximate surface area is 193 Å². The van der Waals surface area contributed by atoms with Crippen LogP contribution in [0.1, 0.15) is 138 Å². The van der Waals surface area contributed by atoms with Gasteiger partial charge >= 0.3 is 11.9 Å². The molecule has 0 aliphatic carbocycles. The Kier molecular flexibility index (Phi) is 22.9. The number of carboxylic acids is 2. The third-order valence-corrected chi connectivity index (χ3v) is 5.69. The lowest BCUT2D eigenvalue weighted by molar-refractivity contribution is -0.142. The highest BCUT2D eigenvalue weighted by Crippen LogP contribution is 2.20. The summed E-state index contributed by atoms with van der Waals surface area (Å²) in [7, 11) is 0. The molecule has 0 amide bonds. The maximum absolute atomic E-state index is 11.2. The van der Waals surface area contributed by atoms with Crippen LogP contribution in [0.25, 0.3) is 0 Å². The summed E-state index contributed by atoms with van der Waals surface area (Å²) in [6, 6.07) is 0. The van der Waals surface area contributed by atoms with Crippen molar-refractivity contribution in [1.29, 1.82) is 0 Å². The molecule has 1 atom stereocenters. The van der Waals surface area contributed by atoms with Crippen molar-refractivity contribution in [2.24, 2.45) is 23.7 Å². The summed E-state index contributed by atoms with van der Waals surface area (Å²) >= 11 is 0. The third kappa shape index (κ3) is 28.9. The Morgan fingerprint density at radius 1 is 0.516 bits per heavy atom. The van der Waals surface area contributed by atoms with E-state index >= 15 is 0 Å². The van der Waals surface area contributed by atoms with Gasteiger partial charge in [0.15, 0.2) is 0 Å². The van der Waals surface area contributed by atoms with Crippen LogP contribution in [-0.4, -0.2) is 22.2 Å². The minimum atomic E-state index is -0.672. The number of hydrogen-bond acceptors (Lipinski definition) is 2. The van der Waals surface area contributed by atoms with Gasteiger partial charge in [0, 0.05) is 6.42 Å². The molecular weight excluding hydrogens is 388 g/mol. The van der Waals surface area contributed by atoms with Crippen LogP contribution in [-0.2, 0) is 9.59 Å². The maximum atomic E-state index is 11.2. The lowest BCUT2D eigenvalue weighted by Gasteiger charge is -2.12. The molecule has 31 heavy (non-hydrogen) atoms. The Bertz CT molecular complexity index is 415. The third-order valence-electron chi connectivity index (χ3n) is 5.69. The van der Waals surface area contributed by atoms with Gasteiger partial charge in [-0.15, -0.1) is 0 Å². The number of hydrogen-bond donors (Lipinski definition) is 2. The molecule has 0 spiro atoms. The smallest absolute Gasteiger partial charge is 0.306 e. The summed E-state index contributed by atoms with van der Waals surface area (Å²) in [4.78, 5) is 21.3. The van der Waals surface area contributed by atoms with Crippen LogP contribution in [0.2, 0.25) is 0 Å². The maximum Gasteiger partial charge on any atom is 0.306 e. The molecule has 1 unspecified atom stereocenters. The predicted octanol–water partition coefficient (Wildman–Crippen LogP) is 8.58. The molecule has 4 nitrogen and oxygen atoms in total. The fraction of sp³-hybridized carbons (Fsp3) is 0.926. The molecule has 186 valence electrons. The molecule has 4 heteroatoms. The van der Waals surface area contributed by atoms with Crippen molar-refractivity contribution < 1.29 is 19.8 Å². The molecule has 0 aliphatic rings. The summed E-state index contributed by atoms with van der Waals surface area (Å²) in [5.41, 5.74) is 0. The molecule has 0 saturated carbocycles. The highest BCUT2D eigenvalue weighted by Gasteiger charge is 2.16. The Morgan fingerprint density at radius 3 is 1.19 bits per heavy atom. The molecule has 0 aromatic heterocycles. The van der Waals surface area contributed by atoms with Crippen molar-refractivity contribution in [3.05, 3.63) is 0 Å². The predicted molar refractivity (Wildman–Crippen MR) is 133 cm³/mol. The first-order valence-corrected chi connectivity index (χ1v) is 13.0. The second kappa shape index (κ2) is 22.1. The van der Waals surface area contributed by atoms with Gasteiger partial charge in [-0.1, -0.05) is 112 Å². The van der Waals surface area contributed by atoms with Crippen molar-refractivity contribution >= 4 is 11.9 Å².